The van der Waals surface area contributed by atoms with Gasteiger partial charge in [0.1, 0.15) is 0 Å². The van der Waals surface area contributed by atoms with E-state index in [4.69, 9.17) is 4.74 Å². The number of carbonyl (C=O) groups excluding carboxylic acids is 1. The van der Waals surface area contributed by atoms with Gasteiger partial charge in [-0.2, -0.15) is 0 Å². The Bertz CT molecular complexity index is 352. The lowest BCUT2D eigenvalue weighted by Crippen LogP contribution is -2.13. The highest BCUT2D eigenvalue weighted by molar-refractivity contribution is 5.98. The van der Waals surface area contributed by atoms with E-state index in [9.17, 15) is 4.79 Å². The number of hydrogen-bond donors (Lipinski definition) is 0. The smallest absolute Gasteiger partial charge is 0.159 e. The van der Waals surface area contributed by atoms with Crippen molar-refractivity contribution in [1.82, 2.24) is 0 Å². The second kappa shape index (κ2) is 4.20. The SMILES string of the molecule is O=C1C=C(COCc2ccccc2)C1. The van der Waals surface area contributed by atoms with Crippen molar-refractivity contribution in [2.24, 2.45) is 0 Å². The fourth-order valence-corrected chi connectivity index (χ4v) is 1.39. The Kier molecular flexibility index (Phi) is 2.75. The molecule has 1 aliphatic rings. The molecule has 0 fully saturated rings. The Hall–Kier alpha value is -1.41. The van der Waals surface area contributed by atoms with Gasteiger partial charge in [0.25, 0.3) is 0 Å². The molecule has 0 heterocycles. The average molecular weight is 188 g/mol. The second-order valence-electron chi connectivity index (χ2n) is 3.42. The van der Waals surface area contributed by atoms with E-state index in [0.29, 0.717) is 19.6 Å². The zero-order valence-electron chi connectivity index (χ0n) is 7.90. The van der Waals surface area contributed by atoms with Crippen LogP contribution in [-0.2, 0) is 16.1 Å². The van der Waals surface area contributed by atoms with E-state index in [1.54, 1.807) is 6.08 Å². The minimum atomic E-state index is 0.211. The molecule has 14 heavy (non-hydrogen) atoms. The molecule has 0 aliphatic heterocycles. The van der Waals surface area contributed by atoms with Crippen LogP contribution in [0.15, 0.2) is 42.0 Å². The summed E-state index contributed by atoms with van der Waals surface area (Å²) in [5, 5.41) is 0. The molecule has 0 amide bonds. The van der Waals surface area contributed by atoms with Crippen molar-refractivity contribution in [2.45, 2.75) is 13.0 Å². The number of carbonyl (C=O) groups is 1. The van der Waals surface area contributed by atoms with Gasteiger partial charge in [-0.15, -0.1) is 0 Å². The molecule has 0 spiro atoms. The van der Waals surface area contributed by atoms with Gasteiger partial charge in [-0.3, -0.25) is 4.79 Å². The number of rotatable bonds is 4. The Labute approximate surface area is 83.2 Å². The third-order valence-electron chi connectivity index (χ3n) is 2.17. The molecule has 2 rings (SSSR count). The van der Waals surface area contributed by atoms with Crippen LogP contribution in [0.1, 0.15) is 12.0 Å². The third kappa shape index (κ3) is 2.30. The molecule has 0 atom stereocenters. The summed E-state index contributed by atoms with van der Waals surface area (Å²) in [6.07, 6.45) is 2.24. The third-order valence-corrected chi connectivity index (χ3v) is 2.17. The van der Waals surface area contributed by atoms with Crippen molar-refractivity contribution in [3.8, 4) is 0 Å². The Balaban J connectivity index is 1.74. The van der Waals surface area contributed by atoms with Crippen LogP contribution in [-0.4, -0.2) is 12.4 Å². The zero-order valence-corrected chi connectivity index (χ0v) is 7.90. The summed E-state index contributed by atoms with van der Waals surface area (Å²) in [6, 6.07) is 10.0. The highest BCUT2D eigenvalue weighted by atomic mass is 16.5. The fourth-order valence-electron chi connectivity index (χ4n) is 1.39. The lowest BCUT2D eigenvalue weighted by molar-refractivity contribution is -0.115. The van der Waals surface area contributed by atoms with Crippen LogP contribution in [0.25, 0.3) is 0 Å². The minimum Gasteiger partial charge on any atom is -0.372 e. The summed E-state index contributed by atoms with van der Waals surface area (Å²) in [5.41, 5.74) is 2.27. The van der Waals surface area contributed by atoms with E-state index in [0.717, 1.165) is 5.57 Å². The Morgan fingerprint density at radius 3 is 2.50 bits per heavy atom. The van der Waals surface area contributed by atoms with Gasteiger partial charge in [-0.1, -0.05) is 30.3 Å². The molecule has 0 radical (unpaired) electrons. The molecule has 0 aromatic heterocycles. The predicted octanol–water partition coefficient (Wildman–Crippen LogP) is 2.10. The monoisotopic (exact) mass is 188 g/mol. The molecule has 2 nitrogen and oxygen atoms in total. The molecule has 1 aromatic carbocycles. The fraction of sp³-hybridized carbons (Fsp3) is 0.250. The topological polar surface area (TPSA) is 26.3 Å². The van der Waals surface area contributed by atoms with Crippen LogP contribution < -0.4 is 0 Å². The van der Waals surface area contributed by atoms with Crippen molar-refractivity contribution in [3.05, 3.63) is 47.5 Å². The van der Waals surface area contributed by atoms with Crippen LogP contribution in [0, 0.1) is 0 Å². The van der Waals surface area contributed by atoms with Gasteiger partial charge in [0.15, 0.2) is 5.78 Å². The van der Waals surface area contributed by atoms with Gasteiger partial charge in [-0.05, 0) is 17.2 Å². The lowest BCUT2D eigenvalue weighted by atomic mass is 9.99. The van der Waals surface area contributed by atoms with E-state index >= 15 is 0 Å². The van der Waals surface area contributed by atoms with Crippen molar-refractivity contribution < 1.29 is 9.53 Å². The second-order valence-corrected chi connectivity index (χ2v) is 3.42. The van der Waals surface area contributed by atoms with Crippen molar-refractivity contribution in [3.63, 3.8) is 0 Å². The van der Waals surface area contributed by atoms with Crippen LogP contribution in [0.4, 0.5) is 0 Å². The average Bonchev–Trinajstić information content (AvgIpc) is 2.17. The van der Waals surface area contributed by atoms with Gasteiger partial charge in [0, 0.05) is 6.42 Å². The molecule has 0 bridgehead atoms. The summed E-state index contributed by atoms with van der Waals surface area (Å²) in [5.74, 6) is 0.211. The summed E-state index contributed by atoms with van der Waals surface area (Å²) < 4.78 is 5.45. The molecular weight excluding hydrogens is 176 g/mol. The molecule has 0 saturated carbocycles. The lowest BCUT2D eigenvalue weighted by Gasteiger charge is -2.13. The number of ketones is 1. The first kappa shape index (κ1) is 9.16. The highest BCUT2D eigenvalue weighted by Crippen LogP contribution is 2.14. The van der Waals surface area contributed by atoms with Gasteiger partial charge in [0.2, 0.25) is 0 Å². The standard InChI is InChI=1S/C12H12O2/c13-12-6-11(7-12)9-14-8-10-4-2-1-3-5-10/h1-6H,7-9H2. The van der Waals surface area contributed by atoms with Gasteiger partial charge < -0.3 is 4.74 Å². The van der Waals surface area contributed by atoms with Crippen molar-refractivity contribution in [1.29, 1.82) is 0 Å². The number of benzene rings is 1. The normalized spacial score (nSPS) is 14.9. The minimum absolute atomic E-state index is 0.211. The summed E-state index contributed by atoms with van der Waals surface area (Å²) >= 11 is 0. The van der Waals surface area contributed by atoms with Crippen LogP contribution in [0.5, 0.6) is 0 Å². The molecule has 0 saturated heterocycles. The Morgan fingerprint density at radius 2 is 1.86 bits per heavy atom. The molecule has 2 heteroatoms. The molecule has 0 N–H and O–H groups in total. The Morgan fingerprint density at radius 1 is 1.14 bits per heavy atom. The summed E-state index contributed by atoms with van der Waals surface area (Å²) in [7, 11) is 0. The molecule has 1 aromatic rings. The molecule has 0 unspecified atom stereocenters. The van der Waals surface area contributed by atoms with Crippen LogP contribution in [0.3, 0.4) is 0 Å². The summed E-state index contributed by atoms with van der Waals surface area (Å²) in [4.78, 5) is 10.6. The van der Waals surface area contributed by atoms with Crippen LogP contribution >= 0.6 is 0 Å². The molecule has 72 valence electrons. The van der Waals surface area contributed by atoms with Gasteiger partial charge in [0.05, 0.1) is 13.2 Å². The first-order chi connectivity index (χ1) is 6.84. The molecule has 1 aliphatic carbocycles. The van der Waals surface area contributed by atoms with E-state index in [1.807, 2.05) is 30.3 Å². The van der Waals surface area contributed by atoms with Crippen molar-refractivity contribution >= 4 is 5.78 Å². The van der Waals surface area contributed by atoms with E-state index < -0.39 is 0 Å². The first-order valence-corrected chi connectivity index (χ1v) is 4.68. The number of hydrogen-bond acceptors (Lipinski definition) is 2. The number of ether oxygens (including phenoxy) is 1. The maximum absolute atomic E-state index is 10.6. The number of allylic oxidation sites excluding steroid dienone is 1. The van der Waals surface area contributed by atoms with Gasteiger partial charge in [-0.25, -0.2) is 0 Å². The van der Waals surface area contributed by atoms with E-state index in [2.05, 4.69) is 0 Å². The van der Waals surface area contributed by atoms with Gasteiger partial charge >= 0.3 is 0 Å². The maximum atomic E-state index is 10.6. The largest absolute Gasteiger partial charge is 0.372 e. The van der Waals surface area contributed by atoms with Crippen LogP contribution in [0.2, 0.25) is 0 Å². The summed E-state index contributed by atoms with van der Waals surface area (Å²) in [6.45, 7) is 1.20. The first-order valence-electron chi connectivity index (χ1n) is 4.68. The van der Waals surface area contributed by atoms with E-state index in [1.165, 1.54) is 5.56 Å². The highest BCUT2D eigenvalue weighted by Gasteiger charge is 2.14. The van der Waals surface area contributed by atoms with E-state index in [-0.39, 0.29) is 5.78 Å². The maximum Gasteiger partial charge on any atom is 0.159 e. The zero-order chi connectivity index (χ0) is 9.80. The predicted molar refractivity (Wildman–Crippen MR) is 53.8 cm³/mol. The quantitative estimate of drug-likeness (QED) is 0.723. The van der Waals surface area contributed by atoms with Crippen molar-refractivity contribution in [2.75, 3.05) is 6.61 Å². The molecular formula is C12H12O2.